The topological polar surface area (TPSA) is 67.6 Å². The number of carbonyl (C=O) groups is 1. The zero-order valence-corrected chi connectivity index (χ0v) is 14.2. The summed E-state index contributed by atoms with van der Waals surface area (Å²) in [6.45, 7) is 9.80. The van der Waals surface area contributed by atoms with Crippen molar-refractivity contribution in [2.24, 2.45) is 17.1 Å². The number of amides is 1. The maximum absolute atomic E-state index is 12.8. The normalized spacial score (nSPS) is 36.6. The van der Waals surface area contributed by atoms with Crippen LogP contribution in [0.2, 0.25) is 0 Å². The lowest BCUT2D eigenvalue weighted by Crippen LogP contribution is -2.82. The molecular weight excluding hydrogens is 278 g/mol. The molecule has 0 aromatic carbocycles. The number of hydrogen-bond acceptors (Lipinski definition) is 4. The fourth-order valence-corrected chi connectivity index (χ4v) is 4.53. The summed E-state index contributed by atoms with van der Waals surface area (Å²) in [6, 6.07) is 0.741. The van der Waals surface area contributed by atoms with Crippen molar-refractivity contribution >= 4 is 5.91 Å². The van der Waals surface area contributed by atoms with Crippen LogP contribution in [0.5, 0.6) is 0 Å². The summed E-state index contributed by atoms with van der Waals surface area (Å²) in [5.74, 6) is 0.179. The van der Waals surface area contributed by atoms with E-state index in [-0.39, 0.29) is 23.3 Å². The molecule has 3 atom stereocenters. The molecule has 3 aliphatic rings. The molecule has 5 nitrogen and oxygen atoms in total. The summed E-state index contributed by atoms with van der Waals surface area (Å²) in [7, 11) is 0. The Morgan fingerprint density at radius 3 is 2.73 bits per heavy atom. The Balaban J connectivity index is 1.56. The number of fused-ring (bicyclic) bond motifs is 1. The Bertz CT molecular complexity index is 436. The zero-order valence-electron chi connectivity index (χ0n) is 14.2. The third kappa shape index (κ3) is 2.38. The smallest absolute Gasteiger partial charge is 0.241 e. The highest BCUT2D eigenvalue weighted by atomic mass is 16.5. The number of nitrogens with two attached hydrogens (primary N) is 1. The SMILES string of the molecule is CCN(CCNC(=O)C1(N)C2CCCOC2C1(C)C)C1CC1. The van der Waals surface area contributed by atoms with E-state index in [1.54, 1.807) is 0 Å². The first-order valence-electron chi connectivity index (χ1n) is 8.85. The Morgan fingerprint density at radius 1 is 1.36 bits per heavy atom. The van der Waals surface area contributed by atoms with Gasteiger partial charge in [0.15, 0.2) is 0 Å². The van der Waals surface area contributed by atoms with Crippen LogP contribution in [0.3, 0.4) is 0 Å². The van der Waals surface area contributed by atoms with Crippen molar-refractivity contribution in [2.45, 2.75) is 64.1 Å². The molecule has 2 saturated carbocycles. The first-order chi connectivity index (χ1) is 10.4. The van der Waals surface area contributed by atoms with Gasteiger partial charge in [-0.25, -0.2) is 0 Å². The second kappa shape index (κ2) is 5.77. The van der Waals surface area contributed by atoms with Crippen LogP contribution in [0.15, 0.2) is 0 Å². The van der Waals surface area contributed by atoms with Gasteiger partial charge in [0.1, 0.15) is 5.54 Å². The van der Waals surface area contributed by atoms with Gasteiger partial charge in [0.2, 0.25) is 5.91 Å². The molecule has 1 heterocycles. The van der Waals surface area contributed by atoms with Gasteiger partial charge >= 0.3 is 0 Å². The molecular formula is C17H31N3O2. The van der Waals surface area contributed by atoms with Gasteiger partial charge in [0.25, 0.3) is 0 Å². The summed E-state index contributed by atoms with van der Waals surface area (Å²) in [4.78, 5) is 15.2. The molecule has 5 heteroatoms. The highest BCUT2D eigenvalue weighted by molar-refractivity contribution is 5.89. The third-order valence-corrected chi connectivity index (χ3v) is 6.21. The van der Waals surface area contributed by atoms with Crippen molar-refractivity contribution in [2.75, 3.05) is 26.2 Å². The van der Waals surface area contributed by atoms with Crippen LogP contribution < -0.4 is 11.1 Å². The molecule has 0 bridgehead atoms. The molecule has 3 rings (SSSR count). The molecule has 2 aliphatic carbocycles. The maximum atomic E-state index is 12.8. The molecule has 0 aromatic heterocycles. The number of rotatable bonds is 6. The Hall–Kier alpha value is -0.650. The van der Waals surface area contributed by atoms with Gasteiger partial charge in [-0.1, -0.05) is 20.8 Å². The van der Waals surface area contributed by atoms with E-state index >= 15 is 0 Å². The van der Waals surface area contributed by atoms with Crippen molar-refractivity contribution < 1.29 is 9.53 Å². The average molecular weight is 309 g/mol. The molecule has 1 amide bonds. The second-order valence-corrected chi connectivity index (χ2v) is 7.75. The molecule has 22 heavy (non-hydrogen) atoms. The molecule has 126 valence electrons. The lowest BCUT2D eigenvalue weighted by Gasteiger charge is -2.65. The van der Waals surface area contributed by atoms with Gasteiger partial charge in [0, 0.05) is 37.1 Å². The van der Waals surface area contributed by atoms with E-state index < -0.39 is 5.54 Å². The summed E-state index contributed by atoms with van der Waals surface area (Å²) < 4.78 is 5.87. The van der Waals surface area contributed by atoms with Crippen LogP contribution >= 0.6 is 0 Å². The molecule has 3 N–H and O–H groups in total. The zero-order chi connectivity index (χ0) is 16.0. The fraction of sp³-hybridized carbons (Fsp3) is 0.941. The highest BCUT2D eigenvalue weighted by Crippen LogP contribution is 2.57. The summed E-state index contributed by atoms with van der Waals surface area (Å²) in [5.41, 5.74) is 5.52. The van der Waals surface area contributed by atoms with E-state index in [4.69, 9.17) is 10.5 Å². The van der Waals surface area contributed by atoms with Crippen LogP contribution in [0, 0.1) is 11.3 Å². The minimum Gasteiger partial charge on any atom is -0.377 e. The predicted molar refractivity (Wildman–Crippen MR) is 86.4 cm³/mol. The van der Waals surface area contributed by atoms with Gasteiger partial charge in [0.05, 0.1) is 6.10 Å². The maximum Gasteiger partial charge on any atom is 0.241 e. The van der Waals surface area contributed by atoms with Gasteiger partial charge in [-0.05, 0) is 32.2 Å². The van der Waals surface area contributed by atoms with Crippen molar-refractivity contribution in [3.8, 4) is 0 Å². The monoisotopic (exact) mass is 309 g/mol. The molecule has 0 spiro atoms. The molecule has 1 saturated heterocycles. The number of hydrogen-bond donors (Lipinski definition) is 2. The molecule has 3 unspecified atom stereocenters. The summed E-state index contributed by atoms with van der Waals surface area (Å²) in [6.07, 6.45) is 4.75. The van der Waals surface area contributed by atoms with E-state index in [0.717, 1.165) is 38.6 Å². The van der Waals surface area contributed by atoms with Crippen LogP contribution in [-0.4, -0.2) is 54.7 Å². The van der Waals surface area contributed by atoms with E-state index in [2.05, 4.69) is 31.0 Å². The van der Waals surface area contributed by atoms with E-state index in [0.29, 0.717) is 6.54 Å². The number of likely N-dealkylation sites (N-methyl/N-ethyl adjacent to an activating group) is 1. The minimum atomic E-state index is -0.783. The highest BCUT2D eigenvalue weighted by Gasteiger charge is 2.70. The Labute approximate surface area is 133 Å². The van der Waals surface area contributed by atoms with Gasteiger partial charge < -0.3 is 15.8 Å². The molecule has 0 radical (unpaired) electrons. The average Bonchev–Trinajstić information content (AvgIpc) is 3.35. The van der Waals surface area contributed by atoms with Crippen molar-refractivity contribution in [1.82, 2.24) is 10.2 Å². The molecule has 0 aromatic rings. The number of nitrogens with one attached hydrogen (secondary N) is 1. The fourth-order valence-electron chi connectivity index (χ4n) is 4.53. The lowest BCUT2D eigenvalue weighted by atomic mass is 9.46. The largest absolute Gasteiger partial charge is 0.377 e. The first kappa shape index (κ1) is 16.2. The number of ether oxygens (including phenoxy) is 1. The number of carbonyl (C=O) groups excluding carboxylic acids is 1. The summed E-state index contributed by atoms with van der Waals surface area (Å²) >= 11 is 0. The van der Waals surface area contributed by atoms with Crippen LogP contribution in [0.1, 0.15) is 46.5 Å². The summed E-state index contributed by atoms with van der Waals surface area (Å²) in [5, 5.41) is 3.10. The van der Waals surface area contributed by atoms with Gasteiger partial charge in [-0.3, -0.25) is 9.69 Å². The Morgan fingerprint density at radius 2 is 2.09 bits per heavy atom. The van der Waals surface area contributed by atoms with Gasteiger partial charge in [-0.2, -0.15) is 0 Å². The van der Waals surface area contributed by atoms with E-state index in [1.807, 2.05) is 0 Å². The lowest BCUT2D eigenvalue weighted by molar-refractivity contribution is -0.225. The standard InChI is InChI=1S/C17H31N3O2/c1-4-20(12-7-8-12)10-9-19-15(21)17(18)13-6-5-11-22-14(13)16(17,2)3/h12-14H,4-11,18H2,1-3H3,(H,19,21). The Kier molecular flexibility index (Phi) is 4.25. The molecule has 3 fully saturated rings. The van der Waals surface area contributed by atoms with Crippen molar-refractivity contribution in [3.05, 3.63) is 0 Å². The molecule has 1 aliphatic heterocycles. The van der Waals surface area contributed by atoms with Crippen molar-refractivity contribution in [3.63, 3.8) is 0 Å². The first-order valence-corrected chi connectivity index (χ1v) is 8.85. The third-order valence-electron chi connectivity index (χ3n) is 6.21. The van der Waals surface area contributed by atoms with Gasteiger partial charge in [-0.15, -0.1) is 0 Å². The quantitative estimate of drug-likeness (QED) is 0.771. The van der Waals surface area contributed by atoms with Crippen LogP contribution in [-0.2, 0) is 9.53 Å². The number of nitrogens with zero attached hydrogens (tertiary/aromatic N) is 1. The van der Waals surface area contributed by atoms with Crippen molar-refractivity contribution in [1.29, 1.82) is 0 Å². The van der Waals surface area contributed by atoms with Crippen LogP contribution in [0.4, 0.5) is 0 Å². The minimum absolute atomic E-state index is 0.0103. The van der Waals surface area contributed by atoms with E-state index in [9.17, 15) is 4.79 Å². The van der Waals surface area contributed by atoms with E-state index in [1.165, 1.54) is 12.8 Å². The second-order valence-electron chi connectivity index (χ2n) is 7.75. The van der Waals surface area contributed by atoms with Crippen LogP contribution in [0.25, 0.3) is 0 Å². The predicted octanol–water partition coefficient (Wildman–Crippen LogP) is 1.12.